The van der Waals surface area contributed by atoms with E-state index in [9.17, 15) is 0 Å². The summed E-state index contributed by atoms with van der Waals surface area (Å²) in [6.45, 7) is 2.04. The molecule has 0 heterocycles. The molecule has 0 saturated carbocycles. The molecule has 0 fully saturated rings. The van der Waals surface area contributed by atoms with Crippen molar-refractivity contribution >= 4 is 15.9 Å². The predicted molar refractivity (Wildman–Crippen MR) is 56.1 cm³/mol. The van der Waals surface area contributed by atoms with E-state index in [0.717, 1.165) is 16.5 Å². The molecule has 13 heavy (non-hydrogen) atoms. The van der Waals surface area contributed by atoms with Crippen LogP contribution in [0.5, 0.6) is 0 Å². The molecule has 0 bridgehead atoms. The fourth-order valence-corrected chi connectivity index (χ4v) is 1.79. The lowest BCUT2D eigenvalue weighted by molar-refractivity contribution is 0.695. The molecule has 1 aromatic carbocycles. The van der Waals surface area contributed by atoms with Crippen molar-refractivity contribution in [3.8, 4) is 6.07 Å². The van der Waals surface area contributed by atoms with Gasteiger partial charge in [0.15, 0.2) is 0 Å². The summed E-state index contributed by atoms with van der Waals surface area (Å²) >= 11 is 3.40. The highest BCUT2D eigenvalue weighted by molar-refractivity contribution is 9.10. The highest BCUT2D eigenvalue weighted by Crippen LogP contribution is 2.24. The van der Waals surface area contributed by atoms with Crippen molar-refractivity contribution in [3.63, 3.8) is 0 Å². The van der Waals surface area contributed by atoms with E-state index in [2.05, 4.69) is 22.0 Å². The largest absolute Gasteiger partial charge is 0.324 e. The Morgan fingerprint density at radius 3 is 2.77 bits per heavy atom. The molecule has 1 aromatic rings. The van der Waals surface area contributed by atoms with Crippen LogP contribution >= 0.6 is 15.9 Å². The third-order valence-electron chi connectivity index (χ3n) is 1.97. The molecule has 0 aromatic heterocycles. The van der Waals surface area contributed by atoms with Crippen LogP contribution in [0.25, 0.3) is 0 Å². The van der Waals surface area contributed by atoms with Crippen molar-refractivity contribution in [2.75, 3.05) is 0 Å². The van der Waals surface area contributed by atoms with Crippen LogP contribution in [0, 0.1) is 11.3 Å². The minimum atomic E-state index is 0.0436. The third kappa shape index (κ3) is 2.30. The lowest BCUT2D eigenvalue weighted by atomic mass is 10.0. The number of hydrogen-bond acceptors (Lipinski definition) is 2. The molecular weight excluding hydrogens is 228 g/mol. The molecule has 0 spiro atoms. The van der Waals surface area contributed by atoms with Gasteiger partial charge in [-0.2, -0.15) is 5.26 Å². The van der Waals surface area contributed by atoms with Crippen LogP contribution < -0.4 is 5.73 Å². The Labute approximate surface area is 86.5 Å². The number of hydrogen-bond donors (Lipinski definition) is 1. The first-order valence-corrected chi connectivity index (χ1v) is 4.93. The van der Waals surface area contributed by atoms with E-state index in [1.54, 1.807) is 12.1 Å². The van der Waals surface area contributed by atoms with Gasteiger partial charge in [0.25, 0.3) is 0 Å². The number of nitrogens with two attached hydrogens (primary N) is 1. The number of halogens is 1. The first-order chi connectivity index (χ1) is 6.19. The van der Waals surface area contributed by atoms with Crippen LogP contribution in [0.4, 0.5) is 0 Å². The van der Waals surface area contributed by atoms with Crippen molar-refractivity contribution in [2.45, 2.75) is 19.4 Å². The van der Waals surface area contributed by atoms with Crippen LogP contribution in [0.3, 0.4) is 0 Å². The smallest absolute Gasteiger partial charge is 0.0992 e. The van der Waals surface area contributed by atoms with E-state index in [4.69, 9.17) is 11.0 Å². The van der Waals surface area contributed by atoms with E-state index in [0.29, 0.717) is 5.56 Å². The molecule has 2 N–H and O–H groups in total. The average molecular weight is 239 g/mol. The maximum absolute atomic E-state index is 8.65. The molecule has 0 saturated heterocycles. The highest BCUT2D eigenvalue weighted by Gasteiger charge is 2.07. The molecule has 0 aliphatic carbocycles. The second-order valence-corrected chi connectivity index (χ2v) is 3.72. The summed E-state index contributed by atoms with van der Waals surface area (Å²) in [5.74, 6) is 0. The van der Waals surface area contributed by atoms with E-state index >= 15 is 0 Å². The van der Waals surface area contributed by atoms with E-state index in [-0.39, 0.29) is 6.04 Å². The van der Waals surface area contributed by atoms with Gasteiger partial charge < -0.3 is 5.73 Å². The SMILES string of the molecule is CCC(N)c1ccc(C#N)cc1Br. The van der Waals surface area contributed by atoms with Gasteiger partial charge in [0.2, 0.25) is 0 Å². The third-order valence-corrected chi connectivity index (χ3v) is 2.66. The summed E-state index contributed by atoms with van der Waals surface area (Å²) in [5, 5.41) is 8.65. The van der Waals surface area contributed by atoms with Crippen LogP contribution in [0.15, 0.2) is 22.7 Å². The highest BCUT2D eigenvalue weighted by atomic mass is 79.9. The maximum atomic E-state index is 8.65. The van der Waals surface area contributed by atoms with Gasteiger partial charge >= 0.3 is 0 Å². The van der Waals surface area contributed by atoms with Crippen LogP contribution in [-0.4, -0.2) is 0 Å². The minimum Gasteiger partial charge on any atom is -0.324 e. The molecule has 1 rings (SSSR count). The standard InChI is InChI=1S/C10H11BrN2/c1-2-10(13)8-4-3-7(6-12)5-9(8)11/h3-5,10H,2,13H2,1H3. The summed E-state index contributed by atoms with van der Waals surface area (Å²) in [5.41, 5.74) is 7.58. The topological polar surface area (TPSA) is 49.8 Å². The van der Waals surface area contributed by atoms with Crippen molar-refractivity contribution < 1.29 is 0 Å². The van der Waals surface area contributed by atoms with Crippen LogP contribution in [0.2, 0.25) is 0 Å². The summed E-state index contributed by atoms with van der Waals surface area (Å²) in [6.07, 6.45) is 0.893. The molecule has 3 heteroatoms. The first-order valence-electron chi connectivity index (χ1n) is 4.14. The Morgan fingerprint density at radius 2 is 2.31 bits per heavy atom. The van der Waals surface area contributed by atoms with Crippen molar-refractivity contribution in [1.29, 1.82) is 5.26 Å². The fourth-order valence-electron chi connectivity index (χ4n) is 1.12. The molecule has 2 nitrogen and oxygen atoms in total. The lowest BCUT2D eigenvalue weighted by Gasteiger charge is -2.11. The fraction of sp³-hybridized carbons (Fsp3) is 0.300. The number of nitrogens with zero attached hydrogens (tertiary/aromatic N) is 1. The minimum absolute atomic E-state index is 0.0436. The summed E-state index contributed by atoms with van der Waals surface area (Å²) in [4.78, 5) is 0. The lowest BCUT2D eigenvalue weighted by Crippen LogP contribution is -2.09. The second kappa shape index (κ2) is 4.40. The van der Waals surface area contributed by atoms with Gasteiger partial charge in [0.05, 0.1) is 11.6 Å². The Kier molecular flexibility index (Phi) is 3.47. The predicted octanol–water partition coefficient (Wildman–Crippen LogP) is 2.73. The molecular formula is C10H11BrN2. The molecule has 1 unspecified atom stereocenters. The number of benzene rings is 1. The van der Waals surface area contributed by atoms with E-state index in [1.165, 1.54) is 0 Å². The van der Waals surface area contributed by atoms with Gasteiger partial charge in [-0.3, -0.25) is 0 Å². The molecule has 1 atom stereocenters. The normalized spacial score (nSPS) is 12.2. The summed E-state index contributed by atoms with van der Waals surface area (Å²) < 4.78 is 0.918. The maximum Gasteiger partial charge on any atom is 0.0992 e. The number of rotatable bonds is 2. The quantitative estimate of drug-likeness (QED) is 0.862. The van der Waals surface area contributed by atoms with Gasteiger partial charge in [0, 0.05) is 10.5 Å². The number of nitriles is 1. The van der Waals surface area contributed by atoms with E-state index < -0.39 is 0 Å². The van der Waals surface area contributed by atoms with Crippen LogP contribution in [-0.2, 0) is 0 Å². The Balaban J connectivity index is 3.07. The molecule has 0 amide bonds. The van der Waals surface area contributed by atoms with Crippen molar-refractivity contribution in [2.24, 2.45) is 5.73 Å². The van der Waals surface area contributed by atoms with Gasteiger partial charge in [-0.15, -0.1) is 0 Å². The zero-order valence-corrected chi connectivity index (χ0v) is 9.01. The van der Waals surface area contributed by atoms with Crippen molar-refractivity contribution in [1.82, 2.24) is 0 Å². The zero-order valence-electron chi connectivity index (χ0n) is 7.42. The first kappa shape index (κ1) is 10.2. The van der Waals surface area contributed by atoms with Gasteiger partial charge in [-0.05, 0) is 24.1 Å². The zero-order chi connectivity index (χ0) is 9.84. The summed E-state index contributed by atoms with van der Waals surface area (Å²) in [7, 11) is 0. The average Bonchev–Trinajstić information content (AvgIpc) is 2.16. The molecule has 0 radical (unpaired) electrons. The van der Waals surface area contributed by atoms with Gasteiger partial charge in [-0.1, -0.05) is 28.9 Å². The second-order valence-electron chi connectivity index (χ2n) is 2.86. The van der Waals surface area contributed by atoms with E-state index in [1.807, 2.05) is 13.0 Å². The van der Waals surface area contributed by atoms with Crippen molar-refractivity contribution in [3.05, 3.63) is 33.8 Å². The molecule has 68 valence electrons. The molecule has 0 aliphatic rings. The Morgan fingerprint density at radius 1 is 1.62 bits per heavy atom. The Bertz CT molecular complexity index is 341. The molecule has 0 aliphatic heterocycles. The Hall–Kier alpha value is -0.850. The van der Waals surface area contributed by atoms with Gasteiger partial charge in [0.1, 0.15) is 0 Å². The van der Waals surface area contributed by atoms with Gasteiger partial charge in [-0.25, -0.2) is 0 Å². The van der Waals surface area contributed by atoms with Crippen LogP contribution in [0.1, 0.15) is 30.5 Å². The summed E-state index contributed by atoms with van der Waals surface area (Å²) in [6, 6.07) is 7.61. The monoisotopic (exact) mass is 238 g/mol.